The second-order valence-electron chi connectivity index (χ2n) is 11.7. The third-order valence-electron chi connectivity index (χ3n) is 8.15. The van der Waals surface area contributed by atoms with Crippen LogP contribution in [-0.4, -0.2) is 81.4 Å². The minimum absolute atomic E-state index is 0.00740. The first-order valence-electron chi connectivity index (χ1n) is 12.6. The number of aromatic hydroxyl groups is 1. The van der Waals surface area contributed by atoms with Gasteiger partial charge in [-0.3, -0.25) is 19.3 Å². The molecule has 3 aliphatic rings. The lowest BCUT2D eigenvalue weighted by Gasteiger charge is -2.50. The molecule has 0 bridgehead atoms. The molecule has 4 atom stereocenters. The van der Waals surface area contributed by atoms with Crippen LogP contribution in [0.3, 0.4) is 0 Å². The molecule has 0 unspecified atom stereocenters. The van der Waals surface area contributed by atoms with Gasteiger partial charge in [-0.1, -0.05) is 25.9 Å². The fraction of sp³-hybridized carbons (Fsp3) is 0.500. The number of carbonyl (C=O) groups excluding carboxylic acids is 3. The number of phenols is 1. The van der Waals surface area contributed by atoms with Gasteiger partial charge in [0.2, 0.25) is 5.78 Å². The molecule has 0 heterocycles. The molecule has 0 radical (unpaired) electrons. The summed E-state index contributed by atoms with van der Waals surface area (Å²) in [6.45, 7) is 7.36. The molecule has 11 heteroatoms. The summed E-state index contributed by atoms with van der Waals surface area (Å²) in [4.78, 5) is 45.8. The Labute approximate surface area is 226 Å². The summed E-state index contributed by atoms with van der Waals surface area (Å²) in [6, 6.07) is 0.640. The van der Waals surface area contributed by atoms with E-state index in [1.807, 2.05) is 20.8 Å². The van der Waals surface area contributed by atoms with E-state index in [1.54, 1.807) is 27.1 Å². The number of likely N-dealkylation sites (N-methyl/N-ethyl adjacent to an activating group) is 1. The van der Waals surface area contributed by atoms with E-state index in [0.29, 0.717) is 22.4 Å². The lowest BCUT2D eigenvalue weighted by atomic mass is 9.57. The fourth-order valence-corrected chi connectivity index (χ4v) is 6.39. The number of amides is 1. The Hall–Kier alpha value is -3.70. The van der Waals surface area contributed by atoms with Crippen LogP contribution in [0.1, 0.15) is 56.4 Å². The van der Waals surface area contributed by atoms with Gasteiger partial charge in [-0.2, -0.15) is 0 Å². The zero-order chi connectivity index (χ0) is 29.4. The molecular formula is C28H35N3O8. The van der Waals surface area contributed by atoms with Crippen molar-refractivity contribution < 1.29 is 39.6 Å². The summed E-state index contributed by atoms with van der Waals surface area (Å²) in [5.74, 6) is -6.82. The average Bonchev–Trinajstić information content (AvgIpc) is 2.80. The Kier molecular flexibility index (Phi) is 6.68. The standard InChI is InChI=1S/C28H35N3O8/c1-11(30-39-7)13-10-16(27(2,3)4)21(32)18-14(13)8-12-9-15-20(31(5)6)23(34)19(26(29)37)25(36)28(15,38)24(35)17(12)22(18)33/h10,12,15,20,32-33,36,38H,8-9H2,1-7H3,(H2,29,37)/b30-11-/t12-,15-,20-,28-/m1/s1. The lowest BCUT2D eigenvalue weighted by Crippen LogP contribution is -2.65. The molecule has 1 aromatic rings. The minimum atomic E-state index is -2.68. The molecule has 210 valence electrons. The van der Waals surface area contributed by atoms with Crippen molar-refractivity contribution in [1.29, 1.82) is 0 Å². The van der Waals surface area contributed by atoms with Crippen LogP contribution in [0.15, 0.2) is 28.1 Å². The number of nitrogens with zero attached hydrogens (tertiary/aromatic N) is 2. The highest BCUT2D eigenvalue weighted by molar-refractivity contribution is 6.24. The van der Waals surface area contributed by atoms with E-state index in [0.717, 1.165) is 0 Å². The Bertz CT molecular complexity index is 1400. The highest BCUT2D eigenvalue weighted by Crippen LogP contribution is 2.54. The highest BCUT2D eigenvalue weighted by Gasteiger charge is 2.64. The van der Waals surface area contributed by atoms with Crippen LogP contribution in [0.2, 0.25) is 0 Å². The number of rotatable bonds is 4. The first kappa shape index (κ1) is 28.3. The zero-order valence-electron chi connectivity index (χ0n) is 23.1. The number of oxime groups is 1. The van der Waals surface area contributed by atoms with Gasteiger partial charge in [-0.25, -0.2) is 0 Å². The molecule has 1 aromatic carbocycles. The van der Waals surface area contributed by atoms with Crippen molar-refractivity contribution in [3.8, 4) is 5.75 Å². The largest absolute Gasteiger partial charge is 0.508 e. The molecule has 0 aliphatic heterocycles. The smallest absolute Gasteiger partial charge is 0.255 e. The Morgan fingerprint density at radius 1 is 1.21 bits per heavy atom. The van der Waals surface area contributed by atoms with Crippen molar-refractivity contribution >= 4 is 28.9 Å². The monoisotopic (exact) mass is 541 g/mol. The Morgan fingerprint density at radius 2 is 1.82 bits per heavy atom. The molecule has 1 amide bonds. The fourth-order valence-electron chi connectivity index (χ4n) is 6.39. The van der Waals surface area contributed by atoms with E-state index in [-0.39, 0.29) is 29.7 Å². The van der Waals surface area contributed by atoms with E-state index < -0.39 is 63.5 Å². The van der Waals surface area contributed by atoms with Gasteiger partial charge >= 0.3 is 0 Å². The van der Waals surface area contributed by atoms with Gasteiger partial charge in [0.15, 0.2) is 11.4 Å². The van der Waals surface area contributed by atoms with Crippen molar-refractivity contribution in [3.63, 3.8) is 0 Å². The number of nitrogens with two attached hydrogens (primary N) is 1. The Morgan fingerprint density at radius 3 is 2.33 bits per heavy atom. The molecule has 39 heavy (non-hydrogen) atoms. The third kappa shape index (κ3) is 3.94. The van der Waals surface area contributed by atoms with Crippen LogP contribution in [0.25, 0.3) is 5.76 Å². The molecule has 1 saturated carbocycles. The van der Waals surface area contributed by atoms with Crippen molar-refractivity contribution in [2.75, 3.05) is 21.2 Å². The van der Waals surface area contributed by atoms with E-state index in [9.17, 15) is 34.8 Å². The SMILES string of the molecule is CO/N=C(/C)c1cc(C(C)(C)C)c(O)c2c1C[C@@H]1C[C@@H]3[C@@H](N(C)C)C(=O)C(C(N)=O)=C(O)[C@]3(O)C(=O)C1=C2O. The van der Waals surface area contributed by atoms with E-state index in [1.165, 1.54) is 12.0 Å². The van der Waals surface area contributed by atoms with Crippen molar-refractivity contribution in [2.45, 2.75) is 57.6 Å². The Balaban J connectivity index is 2.05. The number of Topliss-reactive ketones (excluding diaryl/α,β-unsaturated/α-hetero) is 2. The number of fused-ring (bicyclic) bond motifs is 3. The van der Waals surface area contributed by atoms with E-state index in [4.69, 9.17) is 10.6 Å². The van der Waals surface area contributed by atoms with Gasteiger partial charge in [0.25, 0.3) is 5.91 Å². The number of aliphatic hydroxyl groups is 3. The molecule has 1 fully saturated rings. The van der Waals surface area contributed by atoms with Crippen molar-refractivity contribution in [3.05, 3.63) is 45.2 Å². The second-order valence-corrected chi connectivity index (χ2v) is 11.7. The van der Waals surface area contributed by atoms with Gasteiger partial charge in [-0.05, 0) is 56.8 Å². The van der Waals surface area contributed by atoms with Crippen LogP contribution in [0.4, 0.5) is 0 Å². The van der Waals surface area contributed by atoms with Gasteiger partial charge < -0.3 is 31.0 Å². The number of hydrogen-bond acceptors (Lipinski definition) is 10. The number of primary amides is 1. The first-order chi connectivity index (χ1) is 18.0. The van der Waals surface area contributed by atoms with Crippen LogP contribution >= 0.6 is 0 Å². The maximum Gasteiger partial charge on any atom is 0.255 e. The predicted molar refractivity (Wildman–Crippen MR) is 142 cm³/mol. The minimum Gasteiger partial charge on any atom is -0.508 e. The molecule has 0 saturated heterocycles. The third-order valence-corrected chi connectivity index (χ3v) is 8.15. The van der Waals surface area contributed by atoms with E-state index in [2.05, 4.69) is 5.16 Å². The first-order valence-corrected chi connectivity index (χ1v) is 12.6. The quantitative estimate of drug-likeness (QED) is 0.215. The maximum atomic E-state index is 14.0. The summed E-state index contributed by atoms with van der Waals surface area (Å²) in [5.41, 5.74) is 3.22. The summed E-state index contributed by atoms with van der Waals surface area (Å²) >= 11 is 0. The zero-order valence-corrected chi connectivity index (χ0v) is 23.1. The van der Waals surface area contributed by atoms with Gasteiger partial charge in [0.1, 0.15) is 30.0 Å². The number of aliphatic hydroxyl groups excluding tert-OH is 2. The maximum absolute atomic E-state index is 14.0. The van der Waals surface area contributed by atoms with Crippen LogP contribution in [-0.2, 0) is 31.1 Å². The van der Waals surface area contributed by atoms with Gasteiger partial charge in [0.05, 0.1) is 17.3 Å². The number of phenolic OH excluding ortho intramolecular Hbond substituents is 1. The van der Waals surface area contributed by atoms with Crippen LogP contribution < -0.4 is 5.73 Å². The topological polar surface area (TPSA) is 183 Å². The summed E-state index contributed by atoms with van der Waals surface area (Å²) in [7, 11) is 4.52. The lowest BCUT2D eigenvalue weighted by molar-refractivity contribution is -0.153. The van der Waals surface area contributed by atoms with Crippen LogP contribution in [0, 0.1) is 11.8 Å². The van der Waals surface area contributed by atoms with Gasteiger partial charge in [-0.15, -0.1) is 0 Å². The normalized spacial score (nSPS) is 27.4. The molecule has 3 aliphatic carbocycles. The number of hydrogen-bond donors (Lipinski definition) is 5. The summed E-state index contributed by atoms with van der Waals surface area (Å²) in [6.07, 6.45) is 0.173. The van der Waals surface area contributed by atoms with Crippen molar-refractivity contribution in [1.82, 2.24) is 4.90 Å². The molecular weight excluding hydrogens is 506 g/mol. The molecule has 4 rings (SSSR count). The second kappa shape index (κ2) is 9.20. The van der Waals surface area contributed by atoms with Gasteiger partial charge in [0, 0.05) is 22.6 Å². The molecule has 6 N–H and O–H groups in total. The van der Waals surface area contributed by atoms with E-state index >= 15 is 0 Å². The van der Waals surface area contributed by atoms with Crippen molar-refractivity contribution in [2.24, 2.45) is 22.7 Å². The highest BCUT2D eigenvalue weighted by atomic mass is 16.6. The van der Waals surface area contributed by atoms with Crippen LogP contribution in [0.5, 0.6) is 5.75 Å². The molecule has 11 nitrogen and oxygen atoms in total. The summed E-state index contributed by atoms with van der Waals surface area (Å²) < 4.78 is 0. The number of carbonyl (C=O) groups is 3. The number of ketones is 2. The molecule has 0 spiro atoms. The summed E-state index contributed by atoms with van der Waals surface area (Å²) in [5, 5.41) is 49.7. The average molecular weight is 542 g/mol. The predicted octanol–water partition coefficient (Wildman–Crippen LogP) is 1.63. The number of benzene rings is 1. The molecule has 0 aromatic heterocycles.